The lowest BCUT2D eigenvalue weighted by molar-refractivity contribution is -0.122. The van der Waals surface area contributed by atoms with Crippen molar-refractivity contribution in [1.29, 1.82) is 0 Å². The van der Waals surface area contributed by atoms with E-state index in [1.165, 1.54) is 32.1 Å². The number of methoxy groups -OCH3 is 1. The molecule has 2 aliphatic rings. The first kappa shape index (κ1) is 14.8. The van der Waals surface area contributed by atoms with Gasteiger partial charge in [-0.25, -0.2) is 0 Å². The molecule has 0 bridgehead atoms. The Morgan fingerprint density at radius 1 is 1.21 bits per heavy atom. The molecule has 0 aromatic carbocycles. The van der Waals surface area contributed by atoms with Crippen molar-refractivity contribution in [3.05, 3.63) is 0 Å². The van der Waals surface area contributed by atoms with E-state index in [1.807, 2.05) is 0 Å². The van der Waals surface area contributed by atoms with E-state index in [0.717, 1.165) is 32.4 Å². The van der Waals surface area contributed by atoms with E-state index in [4.69, 9.17) is 10.5 Å². The Balaban J connectivity index is 1.69. The SMILES string of the molecule is COCCC1(CNC(=O)CC2(N)CCCCC2)CC1. The summed E-state index contributed by atoms with van der Waals surface area (Å²) in [7, 11) is 1.73. The van der Waals surface area contributed by atoms with E-state index >= 15 is 0 Å². The lowest BCUT2D eigenvalue weighted by atomic mass is 9.80. The van der Waals surface area contributed by atoms with Gasteiger partial charge in [-0.2, -0.15) is 0 Å². The normalized spacial score (nSPS) is 23.9. The van der Waals surface area contributed by atoms with Crippen molar-refractivity contribution < 1.29 is 9.53 Å². The zero-order valence-electron chi connectivity index (χ0n) is 12.2. The number of carbonyl (C=O) groups excluding carboxylic acids is 1. The van der Waals surface area contributed by atoms with Crippen molar-refractivity contribution in [2.24, 2.45) is 11.1 Å². The molecule has 4 nitrogen and oxygen atoms in total. The van der Waals surface area contributed by atoms with Gasteiger partial charge in [0.15, 0.2) is 0 Å². The fourth-order valence-electron chi connectivity index (χ4n) is 3.11. The zero-order valence-corrected chi connectivity index (χ0v) is 12.2. The summed E-state index contributed by atoms with van der Waals surface area (Å²) in [5, 5.41) is 3.09. The van der Waals surface area contributed by atoms with Crippen molar-refractivity contribution in [1.82, 2.24) is 5.32 Å². The van der Waals surface area contributed by atoms with E-state index in [2.05, 4.69) is 5.32 Å². The molecule has 3 N–H and O–H groups in total. The van der Waals surface area contributed by atoms with Gasteiger partial charge in [-0.1, -0.05) is 19.3 Å². The van der Waals surface area contributed by atoms with Gasteiger partial charge in [0.1, 0.15) is 0 Å². The third-order valence-corrected chi connectivity index (χ3v) is 4.82. The number of nitrogens with two attached hydrogens (primary N) is 1. The maximum absolute atomic E-state index is 12.0. The Labute approximate surface area is 116 Å². The van der Waals surface area contributed by atoms with Crippen LogP contribution in [0.4, 0.5) is 0 Å². The second-order valence-electron chi connectivity index (χ2n) is 6.62. The highest BCUT2D eigenvalue weighted by atomic mass is 16.5. The van der Waals surface area contributed by atoms with Gasteiger partial charge in [-0.3, -0.25) is 4.79 Å². The molecule has 0 radical (unpaired) electrons. The molecule has 4 heteroatoms. The lowest BCUT2D eigenvalue weighted by Crippen LogP contribution is -2.46. The van der Waals surface area contributed by atoms with Crippen LogP contribution in [-0.2, 0) is 9.53 Å². The first-order valence-electron chi connectivity index (χ1n) is 7.62. The van der Waals surface area contributed by atoms with Crippen molar-refractivity contribution in [2.45, 2.75) is 63.3 Å². The van der Waals surface area contributed by atoms with E-state index in [9.17, 15) is 4.79 Å². The third-order valence-electron chi connectivity index (χ3n) is 4.82. The van der Waals surface area contributed by atoms with Gasteiger partial charge in [0.05, 0.1) is 0 Å². The number of rotatable bonds is 7. The van der Waals surface area contributed by atoms with Crippen LogP contribution >= 0.6 is 0 Å². The molecule has 2 fully saturated rings. The fourth-order valence-corrected chi connectivity index (χ4v) is 3.11. The molecule has 0 unspecified atom stereocenters. The predicted octanol–water partition coefficient (Wildman–Crippen LogP) is 1.97. The maximum Gasteiger partial charge on any atom is 0.221 e. The summed E-state index contributed by atoms with van der Waals surface area (Å²) in [5.74, 6) is 0.132. The van der Waals surface area contributed by atoms with E-state index in [-0.39, 0.29) is 11.4 Å². The van der Waals surface area contributed by atoms with Gasteiger partial charge in [-0.05, 0) is 37.5 Å². The minimum atomic E-state index is -0.244. The van der Waals surface area contributed by atoms with Crippen LogP contribution < -0.4 is 11.1 Å². The molecule has 0 aliphatic heterocycles. The van der Waals surface area contributed by atoms with Crippen molar-refractivity contribution >= 4 is 5.91 Å². The van der Waals surface area contributed by atoms with Gasteiger partial charge in [0.25, 0.3) is 0 Å². The van der Waals surface area contributed by atoms with E-state index in [1.54, 1.807) is 7.11 Å². The fraction of sp³-hybridized carbons (Fsp3) is 0.933. The number of ether oxygens (including phenoxy) is 1. The molecule has 0 aromatic heterocycles. The summed E-state index contributed by atoms with van der Waals surface area (Å²) in [6.07, 6.45) is 9.56. The molecule has 110 valence electrons. The predicted molar refractivity (Wildman–Crippen MR) is 75.8 cm³/mol. The van der Waals surface area contributed by atoms with Gasteiger partial charge < -0.3 is 15.8 Å². The van der Waals surface area contributed by atoms with E-state index in [0.29, 0.717) is 11.8 Å². The highest BCUT2D eigenvalue weighted by Gasteiger charge is 2.42. The molecule has 2 rings (SSSR count). The van der Waals surface area contributed by atoms with Gasteiger partial charge in [0.2, 0.25) is 5.91 Å². The summed E-state index contributed by atoms with van der Waals surface area (Å²) in [6, 6.07) is 0. The number of hydrogen-bond acceptors (Lipinski definition) is 3. The van der Waals surface area contributed by atoms with Crippen LogP contribution in [0.25, 0.3) is 0 Å². The molecule has 0 atom stereocenters. The Hall–Kier alpha value is -0.610. The Kier molecular flexibility index (Phi) is 4.85. The average molecular weight is 268 g/mol. The largest absolute Gasteiger partial charge is 0.385 e. The van der Waals surface area contributed by atoms with Crippen LogP contribution in [-0.4, -0.2) is 31.7 Å². The topological polar surface area (TPSA) is 64.3 Å². The molecule has 19 heavy (non-hydrogen) atoms. The summed E-state index contributed by atoms with van der Waals surface area (Å²) < 4.78 is 5.13. The maximum atomic E-state index is 12.0. The third kappa shape index (κ3) is 4.46. The summed E-state index contributed by atoms with van der Waals surface area (Å²) in [5.41, 5.74) is 6.39. The molecule has 0 spiro atoms. The average Bonchev–Trinajstić information content (AvgIpc) is 3.15. The van der Waals surface area contributed by atoms with Crippen molar-refractivity contribution in [3.63, 3.8) is 0 Å². The molecule has 1 amide bonds. The standard InChI is InChI=1S/C15H28N2O2/c1-19-10-9-14(7-8-14)12-17-13(18)11-15(16)5-3-2-4-6-15/h2-12,16H2,1H3,(H,17,18). The minimum absolute atomic E-state index is 0.132. The minimum Gasteiger partial charge on any atom is -0.385 e. The van der Waals surface area contributed by atoms with Gasteiger partial charge in [-0.15, -0.1) is 0 Å². The van der Waals surface area contributed by atoms with Gasteiger partial charge >= 0.3 is 0 Å². The molecule has 0 aromatic rings. The first-order chi connectivity index (χ1) is 9.08. The quantitative estimate of drug-likeness (QED) is 0.742. The van der Waals surface area contributed by atoms with Crippen LogP contribution in [0.15, 0.2) is 0 Å². The smallest absolute Gasteiger partial charge is 0.221 e. The molecule has 0 saturated heterocycles. The van der Waals surface area contributed by atoms with Gasteiger partial charge in [0, 0.05) is 32.2 Å². The molecular weight excluding hydrogens is 240 g/mol. The monoisotopic (exact) mass is 268 g/mol. The molecule has 2 saturated carbocycles. The number of hydrogen-bond donors (Lipinski definition) is 2. The van der Waals surface area contributed by atoms with Crippen LogP contribution in [0.1, 0.15) is 57.8 Å². The van der Waals surface area contributed by atoms with E-state index < -0.39 is 0 Å². The Bertz CT molecular complexity index is 307. The lowest BCUT2D eigenvalue weighted by Gasteiger charge is -2.33. The van der Waals surface area contributed by atoms with Crippen LogP contribution in [0.3, 0.4) is 0 Å². The second kappa shape index (κ2) is 6.23. The number of carbonyl (C=O) groups is 1. The second-order valence-corrected chi connectivity index (χ2v) is 6.62. The summed E-state index contributed by atoms with van der Waals surface area (Å²) in [6.45, 7) is 1.59. The van der Waals surface area contributed by atoms with Crippen LogP contribution in [0.5, 0.6) is 0 Å². The highest BCUT2D eigenvalue weighted by Crippen LogP contribution is 2.48. The Morgan fingerprint density at radius 3 is 2.47 bits per heavy atom. The molecular formula is C15H28N2O2. The van der Waals surface area contributed by atoms with Crippen molar-refractivity contribution in [3.8, 4) is 0 Å². The first-order valence-corrected chi connectivity index (χ1v) is 7.62. The van der Waals surface area contributed by atoms with Crippen LogP contribution in [0.2, 0.25) is 0 Å². The molecule has 2 aliphatic carbocycles. The Morgan fingerprint density at radius 2 is 1.89 bits per heavy atom. The zero-order chi connectivity index (χ0) is 13.8. The number of nitrogens with one attached hydrogen (secondary N) is 1. The number of amides is 1. The highest BCUT2D eigenvalue weighted by molar-refractivity contribution is 5.77. The summed E-state index contributed by atoms with van der Waals surface area (Å²) in [4.78, 5) is 12.0. The van der Waals surface area contributed by atoms with Crippen LogP contribution in [0, 0.1) is 5.41 Å². The molecule has 0 heterocycles. The van der Waals surface area contributed by atoms with Crippen molar-refractivity contribution in [2.75, 3.05) is 20.3 Å². The summed E-state index contributed by atoms with van der Waals surface area (Å²) >= 11 is 0.